The zero-order chi connectivity index (χ0) is 20.6. The predicted octanol–water partition coefficient (Wildman–Crippen LogP) is 3.30. The van der Waals surface area contributed by atoms with Gasteiger partial charge in [-0.05, 0) is 24.1 Å². The molecule has 2 atom stereocenters. The smallest absolute Gasteiger partial charge is 0.294 e. The van der Waals surface area contributed by atoms with Crippen LogP contribution in [0.1, 0.15) is 12.0 Å². The second-order valence-electron chi connectivity index (χ2n) is 7.05. The van der Waals surface area contributed by atoms with Crippen LogP contribution in [0.2, 0.25) is 0 Å². The molecule has 0 radical (unpaired) electrons. The van der Waals surface area contributed by atoms with Crippen LogP contribution in [0.5, 0.6) is 5.75 Å². The summed E-state index contributed by atoms with van der Waals surface area (Å²) < 4.78 is 20.0. The highest BCUT2D eigenvalue weighted by molar-refractivity contribution is 6.43. The van der Waals surface area contributed by atoms with Gasteiger partial charge in [-0.3, -0.25) is 14.6 Å². The zero-order valence-corrected chi connectivity index (χ0v) is 16.3. The van der Waals surface area contributed by atoms with Crippen molar-refractivity contribution < 1.29 is 18.8 Å². The standard InChI is InChI=1S/C22H22FN3O3/c1-4-12-22(15-8-6-5-7-9-15)19-14-29-18-11-10-16(23)13-17(18)26(19)24-20(22)21(27)25(2)28-3/h4-11,13,19H,1,12,14H2,2-3H3/t19-,22+/m0/s1. The van der Waals surface area contributed by atoms with E-state index >= 15 is 0 Å². The Balaban J connectivity index is 1.94. The zero-order valence-electron chi connectivity index (χ0n) is 16.3. The number of hydrogen-bond acceptors (Lipinski definition) is 5. The van der Waals surface area contributed by atoms with E-state index in [-0.39, 0.29) is 11.9 Å². The van der Waals surface area contributed by atoms with Gasteiger partial charge in [0.15, 0.2) is 0 Å². The first kappa shape index (κ1) is 19.1. The van der Waals surface area contributed by atoms with Gasteiger partial charge in [-0.2, -0.15) is 5.10 Å². The Kier molecular flexibility index (Phi) is 4.84. The SMILES string of the molecule is C=CC[C@]1(c2ccccc2)C(C(=O)N(C)OC)=NN2c3cc(F)ccc3OC[C@H]21. The van der Waals surface area contributed by atoms with Crippen molar-refractivity contribution in [2.45, 2.75) is 17.9 Å². The second-order valence-corrected chi connectivity index (χ2v) is 7.05. The number of rotatable bonds is 5. The average Bonchev–Trinajstić information content (AvgIpc) is 3.09. The van der Waals surface area contributed by atoms with Gasteiger partial charge in [-0.1, -0.05) is 36.4 Å². The summed E-state index contributed by atoms with van der Waals surface area (Å²) in [7, 11) is 2.96. The number of allylic oxidation sites excluding steroid dienone is 1. The lowest BCUT2D eigenvalue weighted by atomic mass is 9.68. The number of carbonyl (C=O) groups excluding carboxylic acids is 1. The number of ether oxygens (including phenoxy) is 1. The molecule has 0 bridgehead atoms. The number of benzene rings is 2. The molecule has 0 saturated heterocycles. The van der Waals surface area contributed by atoms with Crippen molar-refractivity contribution >= 4 is 17.3 Å². The van der Waals surface area contributed by atoms with Crippen LogP contribution in [-0.2, 0) is 15.0 Å². The Morgan fingerprint density at radius 2 is 2.17 bits per heavy atom. The van der Waals surface area contributed by atoms with Crippen molar-refractivity contribution in [2.75, 3.05) is 25.8 Å². The minimum absolute atomic E-state index is 0.290. The Morgan fingerprint density at radius 1 is 1.41 bits per heavy atom. The van der Waals surface area contributed by atoms with Gasteiger partial charge in [0.1, 0.15) is 35.6 Å². The summed E-state index contributed by atoms with van der Waals surface area (Å²) >= 11 is 0. The van der Waals surface area contributed by atoms with Crippen molar-refractivity contribution in [2.24, 2.45) is 5.10 Å². The number of hydrazone groups is 1. The maximum Gasteiger partial charge on any atom is 0.294 e. The molecule has 0 fully saturated rings. The van der Waals surface area contributed by atoms with Gasteiger partial charge in [0.25, 0.3) is 5.91 Å². The molecule has 4 rings (SSSR count). The molecule has 0 saturated carbocycles. The summed E-state index contributed by atoms with van der Waals surface area (Å²) in [5.41, 5.74) is 0.885. The lowest BCUT2D eigenvalue weighted by molar-refractivity contribution is -0.160. The molecule has 29 heavy (non-hydrogen) atoms. The first-order valence-electron chi connectivity index (χ1n) is 9.32. The van der Waals surface area contributed by atoms with Crippen molar-refractivity contribution in [3.8, 4) is 5.75 Å². The molecule has 0 aromatic heterocycles. The van der Waals surface area contributed by atoms with Gasteiger partial charge < -0.3 is 4.74 Å². The number of fused-ring (bicyclic) bond motifs is 3. The number of hydroxylamine groups is 2. The normalized spacial score (nSPS) is 22.2. The van der Waals surface area contributed by atoms with Crippen molar-refractivity contribution in [1.82, 2.24) is 5.06 Å². The van der Waals surface area contributed by atoms with Crippen LogP contribution in [0.25, 0.3) is 0 Å². The minimum Gasteiger partial charge on any atom is -0.489 e. The summed E-state index contributed by atoms with van der Waals surface area (Å²) in [6.07, 6.45) is 2.22. The first-order valence-corrected chi connectivity index (χ1v) is 9.32. The molecule has 0 aliphatic carbocycles. The molecule has 7 heteroatoms. The lowest BCUT2D eigenvalue weighted by Gasteiger charge is -2.41. The highest BCUT2D eigenvalue weighted by Gasteiger charge is 2.57. The van der Waals surface area contributed by atoms with Crippen molar-refractivity contribution in [3.63, 3.8) is 0 Å². The minimum atomic E-state index is -0.823. The molecule has 6 nitrogen and oxygen atoms in total. The fourth-order valence-electron chi connectivity index (χ4n) is 4.14. The van der Waals surface area contributed by atoms with E-state index in [9.17, 15) is 9.18 Å². The molecule has 0 N–H and O–H groups in total. The molecule has 2 heterocycles. The van der Waals surface area contributed by atoms with E-state index in [1.165, 1.54) is 26.3 Å². The van der Waals surface area contributed by atoms with Gasteiger partial charge in [-0.15, -0.1) is 6.58 Å². The van der Waals surface area contributed by atoms with Crippen LogP contribution in [0, 0.1) is 5.82 Å². The largest absolute Gasteiger partial charge is 0.489 e. The molecule has 2 aromatic carbocycles. The van der Waals surface area contributed by atoms with Crippen LogP contribution in [-0.4, -0.2) is 43.5 Å². The Hall–Kier alpha value is -3.19. The Bertz CT molecular complexity index is 979. The fraction of sp³-hybridized carbons (Fsp3) is 0.273. The molecule has 2 aliphatic heterocycles. The summed E-state index contributed by atoms with van der Waals surface area (Å²) in [4.78, 5) is 18.4. The van der Waals surface area contributed by atoms with Crippen molar-refractivity contribution in [3.05, 3.63) is 72.6 Å². The molecule has 0 spiro atoms. The van der Waals surface area contributed by atoms with E-state index in [2.05, 4.69) is 6.58 Å². The topological polar surface area (TPSA) is 54.4 Å². The average molecular weight is 395 g/mol. The van der Waals surface area contributed by atoms with Crippen LogP contribution in [0.15, 0.2) is 66.3 Å². The van der Waals surface area contributed by atoms with E-state index in [0.717, 1.165) is 10.6 Å². The number of halogens is 1. The second kappa shape index (κ2) is 7.33. The van der Waals surface area contributed by atoms with E-state index in [4.69, 9.17) is 14.7 Å². The fourth-order valence-corrected chi connectivity index (χ4v) is 4.14. The quantitative estimate of drug-likeness (QED) is 0.576. The Morgan fingerprint density at radius 3 is 2.86 bits per heavy atom. The first-order chi connectivity index (χ1) is 14.0. The third-order valence-corrected chi connectivity index (χ3v) is 5.58. The number of anilines is 1. The molecular formula is C22H22FN3O3. The van der Waals surface area contributed by atoms with Crippen LogP contribution in [0.3, 0.4) is 0 Å². The van der Waals surface area contributed by atoms with E-state index in [1.54, 1.807) is 17.2 Å². The summed E-state index contributed by atoms with van der Waals surface area (Å²) in [5, 5.41) is 7.54. The van der Waals surface area contributed by atoms with E-state index in [1.807, 2.05) is 30.3 Å². The van der Waals surface area contributed by atoms with Gasteiger partial charge in [0.2, 0.25) is 0 Å². The monoisotopic (exact) mass is 395 g/mol. The van der Waals surface area contributed by atoms with Crippen molar-refractivity contribution in [1.29, 1.82) is 0 Å². The predicted molar refractivity (Wildman–Crippen MR) is 108 cm³/mol. The third-order valence-electron chi connectivity index (χ3n) is 5.58. The molecule has 150 valence electrons. The maximum absolute atomic E-state index is 14.0. The lowest BCUT2D eigenvalue weighted by Crippen LogP contribution is -2.55. The molecule has 1 amide bonds. The van der Waals surface area contributed by atoms with Crippen LogP contribution >= 0.6 is 0 Å². The number of carbonyl (C=O) groups is 1. The number of nitrogens with zero attached hydrogens (tertiary/aromatic N) is 3. The summed E-state index contributed by atoms with van der Waals surface area (Å²) in [6.45, 7) is 4.21. The summed E-state index contributed by atoms with van der Waals surface area (Å²) in [5.74, 6) is -0.239. The highest BCUT2D eigenvalue weighted by atomic mass is 19.1. The van der Waals surface area contributed by atoms with Crippen LogP contribution in [0.4, 0.5) is 10.1 Å². The Labute approximate surface area is 168 Å². The molecular weight excluding hydrogens is 373 g/mol. The van der Waals surface area contributed by atoms with Crippen LogP contribution < -0.4 is 9.75 Å². The van der Waals surface area contributed by atoms with E-state index < -0.39 is 11.2 Å². The maximum atomic E-state index is 14.0. The summed E-state index contributed by atoms with van der Waals surface area (Å²) in [6, 6.07) is 13.6. The molecule has 0 unspecified atom stereocenters. The molecule has 2 aliphatic rings. The number of hydrogen-bond donors (Lipinski definition) is 0. The number of amides is 1. The van der Waals surface area contributed by atoms with Gasteiger partial charge in [0.05, 0.1) is 12.5 Å². The molecule has 2 aromatic rings. The third kappa shape index (κ3) is 2.89. The highest BCUT2D eigenvalue weighted by Crippen LogP contribution is 2.48. The van der Waals surface area contributed by atoms with E-state index in [0.29, 0.717) is 30.2 Å². The van der Waals surface area contributed by atoms with Gasteiger partial charge >= 0.3 is 0 Å². The van der Waals surface area contributed by atoms with Gasteiger partial charge in [0, 0.05) is 13.1 Å². The van der Waals surface area contributed by atoms with Gasteiger partial charge in [-0.25, -0.2) is 9.45 Å².